The monoisotopic (exact) mass is 343 g/mol. The first-order valence-corrected chi connectivity index (χ1v) is 7.29. The van der Waals surface area contributed by atoms with Crippen molar-refractivity contribution in [2.45, 2.75) is 17.3 Å². The fourth-order valence-corrected chi connectivity index (χ4v) is 2.92. The molecule has 0 aliphatic carbocycles. The Hall–Kier alpha value is -0.400. The largest absolute Gasteiger partial charge is 0.370 e. The molecule has 1 unspecified atom stereocenters. The number of benzene rings is 1. The first-order valence-electron chi connectivity index (χ1n) is 5.20. The van der Waals surface area contributed by atoms with Crippen LogP contribution in [0, 0.1) is 0 Å². The van der Waals surface area contributed by atoms with Crippen molar-refractivity contribution in [1.29, 1.82) is 0 Å². The molecule has 0 saturated carbocycles. The number of hydrogen-bond donors (Lipinski definition) is 0. The minimum absolute atomic E-state index is 0.0122. The highest BCUT2D eigenvalue weighted by Gasteiger charge is 2.44. The summed E-state index contributed by atoms with van der Waals surface area (Å²) in [6, 6.07) is 5.72. The van der Waals surface area contributed by atoms with Crippen LogP contribution < -0.4 is 4.90 Å². The highest BCUT2D eigenvalue weighted by molar-refractivity contribution is 8.00. The van der Waals surface area contributed by atoms with Crippen LogP contribution in [0.15, 0.2) is 24.3 Å². The number of carbonyl (C=O) groups is 1. The number of hydrogen-bond acceptors (Lipinski definition) is 3. The zero-order valence-corrected chi connectivity index (χ0v) is 12.7. The molecule has 2 amide bonds. The Bertz CT molecular complexity index is 476. The van der Waals surface area contributed by atoms with Gasteiger partial charge in [0.15, 0.2) is 4.17 Å². The van der Waals surface area contributed by atoms with E-state index in [2.05, 4.69) is 0 Å². The van der Waals surface area contributed by atoms with Crippen molar-refractivity contribution in [1.82, 2.24) is 9.65 Å². The van der Waals surface area contributed by atoms with E-state index >= 15 is 0 Å². The standard InChI is InChI=1S/C10H9Cl3FN3OS/c1-6-15(8-4-2-7(11)3-5-8)10(18)16(14)17(6)19-9(12)13/h2-6,9H,1H3. The summed E-state index contributed by atoms with van der Waals surface area (Å²) >= 11 is 17.8. The number of anilines is 1. The lowest BCUT2D eigenvalue weighted by Crippen LogP contribution is -2.34. The molecule has 0 spiro atoms. The van der Waals surface area contributed by atoms with Crippen LogP contribution >= 0.6 is 46.8 Å². The van der Waals surface area contributed by atoms with Gasteiger partial charge in [0.1, 0.15) is 6.17 Å². The van der Waals surface area contributed by atoms with Crippen LogP contribution in [0.2, 0.25) is 5.02 Å². The third kappa shape index (κ3) is 3.03. The summed E-state index contributed by atoms with van der Waals surface area (Å²) in [6.07, 6.45) is -0.566. The second-order valence-corrected chi connectivity index (χ2v) is 6.80. The molecule has 2 rings (SSSR count). The summed E-state index contributed by atoms with van der Waals surface area (Å²) < 4.78 is 14.0. The molecule has 1 aromatic rings. The van der Waals surface area contributed by atoms with Crippen molar-refractivity contribution in [3.8, 4) is 0 Å². The summed E-state index contributed by atoms with van der Waals surface area (Å²) in [5.74, 6) is 0. The van der Waals surface area contributed by atoms with Crippen LogP contribution in [0.1, 0.15) is 6.92 Å². The number of alkyl halides is 2. The molecule has 9 heteroatoms. The lowest BCUT2D eigenvalue weighted by atomic mass is 10.3. The first-order chi connectivity index (χ1) is 8.91. The zero-order valence-electron chi connectivity index (χ0n) is 9.63. The molecular formula is C10H9Cl3FN3OS. The maximum absolute atomic E-state index is 13.8. The van der Waals surface area contributed by atoms with E-state index in [9.17, 15) is 9.28 Å². The molecule has 1 aliphatic heterocycles. The lowest BCUT2D eigenvalue weighted by molar-refractivity contribution is -0.0427. The van der Waals surface area contributed by atoms with Gasteiger partial charge in [-0.1, -0.05) is 44.5 Å². The maximum Gasteiger partial charge on any atom is 0.370 e. The van der Waals surface area contributed by atoms with Gasteiger partial charge in [-0.05, 0) is 43.1 Å². The molecule has 1 saturated heterocycles. The van der Waals surface area contributed by atoms with Gasteiger partial charge in [0.05, 0.1) is 0 Å². The molecule has 0 bridgehead atoms. The molecule has 0 N–H and O–H groups in total. The predicted molar refractivity (Wildman–Crippen MR) is 76.7 cm³/mol. The van der Waals surface area contributed by atoms with E-state index < -0.39 is 16.4 Å². The summed E-state index contributed by atoms with van der Waals surface area (Å²) in [4.78, 5) is 13.2. The number of halogens is 4. The molecule has 1 atom stereocenters. The fourth-order valence-electron chi connectivity index (χ4n) is 1.72. The van der Waals surface area contributed by atoms with Gasteiger partial charge < -0.3 is 0 Å². The van der Waals surface area contributed by atoms with Gasteiger partial charge in [0.25, 0.3) is 0 Å². The SMILES string of the molecule is CC1N(c2ccc(Cl)cc2)C(=O)N(F)N1SC(Cl)Cl. The zero-order chi connectivity index (χ0) is 14.2. The fraction of sp³-hybridized carbons (Fsp3) is 0.300. The molecule has 19 heavy (non-hydrogen) atoms. The molecule has 0 aromatic heterocycles. The molecule has 0 radical (unpaired) electrons. The molecule has 1 aliphatic rings. The van der Waals surface area contributed by atoms with E-state index in [-0.39, 0.29) is 5.23 Å². The second kappa shape index (κ2) is 5.93. The molecule has 104 valence electrons. The van der Waals surface area contributed by atoms with Gasteiger partial charge in [-0.2, -0.15) is 0 Å². The third-order valence-electron chi connectivity index (χ3n) is 2.52. The van der Waals surface area contributed by atoms with E-state index in [1.54, 1.807) is 31.2 Å². The first kappa shape index (κ1) is 15.0. The van der Waals surface area contributed by atoms with Gasteiger partial charge in [-0.25, -0.2) is 4.79 Å². The van der Waals surface area contributed by atoms with Crippen LogP contribution in [0.3, 0.4) is 0 Å². The number of urea groups is 1. The summed E-state index contributed by atoms with van der Waals surface area (Å²) in [7, 11) is 0. The van der Waals surface area contributed by atoms with E-state index in [0.29, 0.717) is 10.7 Å². The Morgan fingerprint density at radius 3 is 2.42 bits per heavy atom. The molecular weight excluding hydrogens is 336 g/mol. The van der Waals surface area contributed by atoms with Crippen molar-refractivity contribution >= 4 is 58.5 Å². The van der Waals surface area contributed by atoms with Crippen LogP contribution in [-0.2, 0) is 0 Å². The van der Waals surface area contributed by atoms with E-state index in [0.717, 1.165) is 16.4 Å². The van der Waals surface area contributed by atoms with E-state index in [1.807, 2.05) is 0 Å². The van der Waals surface area contributed by atoms with Crippen LogP contribution in [-0.4, -0.2) is 26.0 Å². The Kier molecular flexibility index (Phi) is 4.68. The van der Waals surface area contributed by atoms with Crippen molar-refractivity contribution in [2.24, 2.45) is 0 Å². The smallest absolute Gasteiger partial charge is 0.272 e. The third-order valence-corrected chi connectivity index (χ3v) is 4.08. The normalized spacial score (nSPS) is 20.7. The lowest BCUT2D eigenvalue weighted by Gasteiger charge is -2.23. The van der Waals surface area contributed by atoms with Gasteiger partial charge in [-0.3, -0.25) is 4.90 Å². The minimum atomic E-state index is -0.876. The van der Waals surface area contributed by atoms with E-state index in [4.69, 9.17) is 34.8 Å². The van der Waals surface area contributed by atoms with Crippen molar-refractivity contribution < 1.29 is 9.28 Å². The van der Waals surface area contributed by atoms with Crippen LogP contribution in [0.4, 0.5) is 15.0 Å². The molecule has 4 nitrogen and oxygen atoms in total. The van der Waals surface area contributed by atoms with Gasteiger partial charge in [0, 0.05) is 10.7 Å². The summed E-state index contributed by atoms with van der Waals surface area (Å²) in [5, 5.41) is 0.523. The predicted octanol–water partition coefficient (Wildman–Crippen LogP) is 4.44. The quantitative estimate of drug-likeness (QED) is 0.461. The van der Waals surface area contributed by atoms with Gasteiger partial charge in [-0.15, -0.1) is 4.41 Å². The average Bonchev–Trinajstić information content (AvgIpc) is 2.55. The Morgan fingerprint density at radius 2 is 1.89 bits per heavy atom. The second-order valence-electron chi connectivity index (χ2n) is 3.69. The van der Waals surface area contributed by atoms with Crippen molar-refractivity contribution in [2.75, 3.05) is 4.90 Å². The minimum Gasteiger partial charge on any atom is -0.272 e. The summed E-state index contributed by atoms with van der Waals surface area (Å²) in [5.41, 5.74) is 0.536. The van der Waals surface area contributed by atoms with Crippen molar-refractivity contribution in [3.05, 3.63) is 29.3 Å². The summed E-state index contributed by atoms with van der Waals surface area (Å²) in [6.45, 7) is 1.66. The molecule has 1 fully saturated rings. The van der Waals surface area contributed by atoms with Gasteiger partial charge in [0.2, 0.25) is 0 Å². The van der Waals surface area contributed by atoms with E-state index in [1.165, 1.54) is 4.90 Å². The Labute approximate surface area is 129 Å². The van der Waals surface area contributed by atoms with Crippen LogP contribution in [0.25, 0.3) is 0 Å². The maximum atomic E-state index is 13.8. The van der Waals surface area contributed by atoms with Crippen molar-refractivity contribution in [3.63, 3.8) is 0 Å². The number of nitrogens with zero attached hydrogens (tertiary/aromatic N) is 3. The Balaban J connectivity index is 2.26. The van der Waals surface area contributed by atoms with Crippen LogP contribution in [0.5, 0.6) is 0 Å². The number of rotatable bonds is 3. The average molecular weight is 345 g/mol. The Morgan fingerprint density at radius 1 is 1.32 bits per heavy atom. The number of carbonyl (C=O) groups excluding carboxylic acids is 1. The van der Waals surface area contributed by atoms with Gasteiger partial charge >= 0.3 is 6.03 Å². The molecule has 1 heterocycles. The topological polar surface area (TPSA) is 26.8 Å². The number of hydrazine groups is 1. The number of amides is 2. The highest BCUT2D eigenvalue weighted by atomic mass is 35.5. The molecule has 1 aromatic carbocycles. The highest BCUT2D eigenvalue weighted by Crippen LogP contribution is 2.36.